The lowest BCUT2D eigenvalue weighted by Crippen LogP contribution is -2.42. The Kier molecular flexibility index (Phi) is 5.04. The number of piperidine rings is 1. The Morgan fingerprint density at radius 1 is 1.27 bits per heavy atom. The quantitative estimate of drug-likeness (QED) is 0.908. The van der Waals surface area contributed by atoms with Crippen molar-refractivity contribution in [1.29, 1.82) is 0 Å². The van der Waals surface area contributed by atoms with E-state index in [0.717, 1.165) is 25.0 Å². The summed E-state index contributed by atoms with van der Waals surface area (Å²) < 4.78 is 39.8. The fourth-order valence-electron chi connectivity index (χ4n) is 3.20. The van der Waals surface area contributed by atoms with Crippen molar-refractivity contribution in [1.82, 2.24) is 14.7 Å². The number of carbonyl (C=O) groups is 1. The average Bonchev–Trinajstić information content (AvgIpc) is 3.10. The van der Waals surface area contributed by atoms with Gasteiger partial charge in [-0.15, -0.1) is 0 Å². The second kappa shape index (κ2) is 7.11. The predicted octanol–water partition coefficient (Wildman–Crippen LogP) is 3.09. The normalized spacial score (nSPS) is 17.3. The number of carbonyl (C=O) groups excluding carboxylic acids is 1. The molecule has 0 aliphatic carbocycles. The van der Waals surface area contributed by atoms with Gasteiger partial charge in [-0.25, -0.2) is 4.68 Å². The van der Waals surface area contributed by atoms with Gasteiger partial charge in [-0.05, 0) is 49.9 Å². The van der Waals surface area contributed by atoms with Crippen LogP contribution in [0, 0.1) is 5.92 Å². The molecule has 2 heterocycles. The number of likely N-dealkylation sites (tertiary alicyclic amines) is 1. The Morgan fingerprint density at radius 3 is 2.58 bits per heavy atom. The standard InChI is InChI=1S/C18H21F3N4O/c1-12(22)13-5-8-24(9-6-13)17(26)16-7-10-25(23-16)15-4-2-3-14(11-15)18(19,20)21/h2-4,7,10-13H,5-6,8-9,22H2,1H3. The lowest BCUT2D eigenvalue weighted by Gasteiger charge is -2.33. The molecule has 1 amide bonds. The Hall–Kier alpha value is -2.35. The number of benzene rings is 1. The van der Waals surface area contributed by atoms with E-state index in [9.17, 15) is 18.0 Å². The number of hydrogen-bond acceptors (Lipinski definition) is 3. The van der Waals surface area contributed by atoms with Gasteiger partial charge in [0.2, 0.25) is 0 Å². The van der Waals surface area contributed by atoms with Gasteiger partial charge in [-0.1, -0.05) is 6.07 Å². The minimum absolute atomic E-state index is 0.104. The van der Waals surface area contributed by atoms with Crippen LogP contribution in [0.3, 0.4) is 0 Å². The first kappa shape index (κ1) is 18.4. The molecule has 1 aromatic heterocycles. The molecule has 140 valence electrons. The molecule has 5 nitrogen and oxygen atoms in total. The van der Waals surface area contributed by atoms with Crippen molar-refractivity contribution < 1.29 is 18.0 Å². The summed E-state index contributed by atoms with van der Waals surface area (Å²) in [7, 11) is 0. The summed E-state index contributed by atoms with van der Waals surface area (Å²) in [6.07, 6.45) is -1.24. The van der Waals surface area contributed by atoms with Crippen LogP contribution in [0.1, 0.15) is 35.8 Å². The van der Waals surface area contributed by atoms with Gasteiger partial charge >= 0.3 is 6.18 Å². The van der Waals surface area contributed by atoms with Gasteiger partial charge in [0, 0.05) is 25.3 Å². The highest BCUT2D eigenvalue weighted by molar-refractivity contribution is 5.92. The molecule has 1 saturated heterocycles. The van der Waals surface area contributed by atoms with E-state index in [-0.39, 0.29) is 23.3 Å². The molecule has 1 aliphatic heterocycles. The molecule has 2 aromatic rings. The molecule has 1 unspecified atom stereocenters. The van der Waals surface area contributed by atoms with Gasteiger partial charge in [0.15, 0.2) is 5.69 Å². The third-order valence-corrected chi connectivity index (χ3v) is 4.82. The van der Waals surface area contributed by atoms with Crippen molar-refractivity contribution in [2.45, 2.75) is 32.0 Å². The van der Waals surface area contributed by atoms with Crippen molar-refractivity contribution in [2.75, 3.05) is 13.1 Å². The topological polar surface area (TPSA) is 64.2 Å². The maximum Gasteiger partial charge on any atom is 0.416 e. The minimum Gasteiger partial charge on any atom is -0.337 e. The van der Waals surface area contributed by atoms with Crippen LogP contribution < -0.4 is 5.73 Å². The van der Waals surface area contributed by atoms with Crippen LogP contribution >= 0.6 is 0 Å². The van der Waals surface area contributed by atoms with Crippen molar-refractivity contribution in [3.63, 3.8) is 0 Å². The Morgan fingerprint density at radius 2 is 1.96 bits per heavy atom. The molecule has 1 fully saturated rings. The van der Waals surface area contributed by atoms with Crippen LogP contribution in [0.4, 0.5) is 13.2 Å². The largest absolute Gasteiger partial charge is 0.416 e. The highest BCUT2D eigenvalue weighted by Crippen LogP contribution is 2.30. The molecule has 0 radical (unpaired) electrons. The summed E-state index contributed by atoms with van der Waals surface area (Å²) in [6.45, 7) is 3.20. The summed E-state index contributed by atoms with van der Waals surface area (Å²) in [5.41, 5.74) is 5.64. The Labute approximate surface area is 149 Å². The first-order valence-electron chi connectivity index (χ1n) is 8.54. The average molecular weight is 366 g/mol. The third kappa shape index (κ3) is 3.90. The van der Waals surface area contributed by atoms with Crippen LogP contribution in [0.15, 0.2) is 36.5 Å². The number of rotatable bonds is 3. The molecule has 1 atom stereocenters. The van der Waals surface area contributed by atoms with E-state index in [1.807, 2.05) is 6.92 Å². The molecule has 8 heteroatoms. The second-order valence-electron chi connectivity index (χ2n) is 6.68. The van der Waals surface area contributed by atoms with Gasteiger partial charge in [-0.2, -0.15) is 18.3 Å². The van der Waals surface area contributed by atoms with Crippen LogP contribution in [0.25, 0.3) is 5.69 Å². The van der Waals surface area contributed by atoms with Gasteiger partial charge in [0.25, 0.3) is 5.91 Å². The Balaban J connectivity index is 1.73. The zero-order valence-electron chi connectivity index (χ0n) is 14.4. The van der Waals surface area contributed by atoms with Crippen LogP contribution in [-0.2, 0) is 6.18 Å². The van der Waals surface area contributed by atoms with E-state index in [1.165, 1.54) is 29.1 Å². The molecule has 1 aromatic carbocycles. The number of nitrogens with two attached hydrogens (primary N) is 1. The number of hydrogen-bond donors (Lipinski definition) is 1. The number of amides is 1. The summed E-state index contributed by atoms with van der Waals surface area (Å²) >= 11 is 0. The van der Waals surface area contributed by atoms with E-state index in [0.29, 0.717) is 19.0 Å². The van der Waals surface area contributed by atoms with Crippen LogP contribution in [-0.4, -0.2) is 39.7 Å². The lowest BCUT2D eigenvalue weighted by molar-refractivity contribution is -0.137. The van der Waals surface area contributed by atoms with Gasteiger partial charge in [0.1, 0.15) is 0 Å². The van der Waals surface area contributed by atoms with Crippen molar-refractivity contribution in [2.24, 2.45) is 11.7 Å². The zero-order valence-corrected chi connectivity index (χ0v) is 14.4. The molecule has 0 bridgehead atoms. The number of nitrogens with zero attached hydrogens (tertiary/aromatic N) is 3. The highest BCUT2D eigenvalue weighted by atomic mass is 19.4. The van der Waals surface area contributed by atoms with Gasteiger partial charge in [-0.3, -0.25) is 4.79 Å². The maximum atomic E-state index is 12.8. The minimum atomic E-state index is -4.42. The SMILES string of the molecule is CC(N)C1CCN(C(=O)c2ccn(-c3cccc(C(F)(F)F)c3)n2)CC1. The smallest absolute Gasteiger partial charge is 0.337 e. The Bertz CT molecular complexity index is 777. The molecule has 0 saturated carbocycles. The molecule has 26 heavy (non-hydrogen) atoms. The summed E-state index contributed by atoms with van der Waals surface area (Å²) in [6, 6.07) is 6.48. The summed E-state index contributed by atoms with van der Waals surface area (Å²) in [5.74, 6) is 0.195. The third-order valence-electron chi connectivity index (χ3n) is 4.82. The number of halogens is 3. The fraction of sp³-hybridized carbons (Fsp3) is 0.444. The van der Waals surface area contributed by atoms with Crippen molar-refractivity contribution >= 4 is 5.91 Å². The van der Waals surface area contributed by atoms with E-state index < -0.39 is 11.7 Å². The molecule has 1 aliphatic rings. The number of alkyl halides is 3. The fourth-order valence-corrected chi connectivity index (χ4v) is 3.20. The molecule has 2 N–H and O–H groups in total. The number of aromatic nitrogens is 2. The van der Waals surface area contributed by atoms with E-state index in [2.05, 4.69) is 5.10 Å². The highest BCUT2D eigenvalue weighted by Gasteiger charge is 2.31. The van der Waals surface area contributed by atoms with Gasteiger partial charge < -0.3 is 10.6 Å². The van der Waals surface area contributed by atoms with E-state index in [1.54, 1.807) is 4.90 Å². The zero-order chi connectivity index (χ0) is 18.9. The lowest BCUT2D eigenvalue weighted by atomic mass is 9.91. The maximum absolute atomic E-state index is 12.8. The second-order valence-corrected chi connectivity index (χ2v) is 6.68. The van der Waals surface area contributed by atoms with Crippen LogP contribution in [0.5, 0.6) is 0 Å². The predicted molar refractivity (Wildman–Crippen MR) is 90.8 cm³/mol. The molecule has 0 spiro atoms. The van der Waals surface area contributed by atoms with Gasteiger partial charge in [0.05, 0.1) is 11.3 Å². The molecular formula is C18H21F3N4O. The summed E-state index contributed by atoms with van der Waals surface area (Å²) in [4.78, 5) is 14.3. The van der Waals surface area contributed by atoms with Crippen molar-refractivity contribution in [3.05, 3.63) is 47.8 Å². The van der Waals surface area contributed by atoms with Crippen molar-refractivity contribution in [3.8, 4) is 5.69 Å². The first-order valence-corrected chi connectivity index (χ1v) is 8.54. The monoisotopic (exact) mass is 366 g/mol. The summed E-state index contributed by atoms with van der Waals surface area (Å²) in [5, 5.41) is 4.17. The molecule has 3 rings (SSSR count). The molecular weight excluding hydrogens is 345 g/mol. The van der Waals surface area contributed by atoms with E-state index >= 15 is 0 Å². The van der Waals surface area contributed by atoms with E-state index in [4.69, 9.17) is 5.73 Å². The first-order chi connectivity index (χ1) is 12.3. The van der Waals surface area contributed by atoms with Crippen LogP contribution in [0.2, 0.25) is 0 Å².